The first-order chi connectivity index (χ1) is 7.79. The Morgan fingerprint density at radius 1 is 1.25 bits per heavy atom. The third-order valence-corrected chi connectivity index (χ3v) is 2.78. The number of hydrogen-bond acceptors (Lipinski definition) is 1. The second-order valence-electron chi connectivity index (χ2n) is 3.13. The van der Waals surface area contributed by atoms with Gasteiger partial charge in [0.2, 0.25) is 0 Å². The number of H-pyrrole nitrogens is 1. The van der Waals surface area contributed by atoms with Gasteiger partial charge in [-0.15, -0.1) is 11.6 Å². The fraction of sp³-hybridized carbons (Fsp3) is 0.250. The molecule has 4 heteroatoms. The van der Waals surface area contributed by atoms with E-state index in [0.717, 1.165) is 28.4 Å². The van der Waals surface area contributed by atoms with E-state index in [2.05, 4.69) is 20.9 Å². The number of hydrogen-bond donors (Lipinski definition) is 1. The first-order valence-electron chi connectivity index (χ1n) is 4.98. The van der Waals surface area contributed by atoms with Crippen LogP contribution in [0.25, 0.3) is 10.8 Å². The van der Waals surface area contributed by atoms with E-state index in [1.165, 1.54) is 0 Å². The monoisotopic (exact) mass is 301 g/mol. The van der Waals surface area contributed by atoms with Gasteiger partial charge in [0.15, 0.2) is 0 Å². The topological polar surface area (TPSA) is 32.9 Å². The summed E-state index contributed by atoms with van der Waals surface area (Å²) in [7, 11) is 0. The Labute approximate surface area is 108 Å². The van der Waals surface area contributed by atoms with Crippen molar-refractivity contribution in [3.8, 4) is 0 Å². The number of nitrogens with one attached hydrogen (secondary N) is 1. The van der Waals surface area contributed by atoms with Crippen molar-refractivity contribution < 1.29 is 0 Å². The second kappa shape index (κ2) is 7.47. The Morgan fingerprint density at radius 3 is 2.56 bits per heavy atom. The zero-order chi connectivity index (χ0) is 11.8. The summed E-state index contributed by atoms with van der Waals surface area (Å²) in [5.41, 5.74) is -0.0249. The van der Waals surface area contributed by atoms with E-state index in [4.69, 9.17) is 11.6 Å². The predicted octanol–water partition coefficient (Wildman–Crippen LogP) is 3.54. The summed E-state index contributed by atoms with van der Waals surface area (Å²) < 4.78 is 0. The molecule has 0 amide bonds. The molecule has 0 saturated heterocycles. The summed E-state index contributed by atoms with van der Waals surface area (Å²) in [6.45, 7) is 0. The fourth-order valence-corrected chi connectivity index (χ4v) is 1.92. The van der Waals surface area contributed by atoms with Crippen LogP contribution in [0.4, 0.5) is 0 Å². The first kappa shape index (κ1) is 13.3. The predicted molar refractivity (Wildman–Crippen MR) is 73.7 cm³/mol. The Bertz CT molecular complexity index is 476. The van der Waals surface area contributed by atoms with Gasteiger partial charge in [0, 0.05) is 22.8 Å². The Balaban J connectivity index is 0.000000221. The van der Waals surface area contributed by atoms with E-state index in [1.54, 1.807) is 6.20 Å². The minimum Gasteiger partial charge on any atom is -0.329 e. The molecule has 0 aliphatic carbocycles. The van der Waals surface area contributed by atoms with Crippen LogP contribution in [-0.4, -0.2) is 16.2 Å². The number of aromatic nitrogens is 1. The van der Waals surface area contributed by atoms with Crippen LogP contribution < -0.4 is 5.56 Å². The van der Waals surface area contributed by atoms with Crippen molar-refractivity contribution in [1.29, 1.82) is 0 Å². The van der Waals surface area contributed by atoms with Crippen molar-refractivity contribution in [2.75, 3.05) is 11.2 Å². The lowest BCUT2D eigenvalue weighted by atomic mass is 10.2. The van der Waals surface area contributed by atoms with E-state index in [0.29, 0.717) is 0 Å². The number of benzene rings is 1. The van der Waals surface area contributed by atoms with Crippen LogP contribution in [0.3, 0.4) is 0 Å². The standard InChI is InChI=1S/C9H7NO.C3H6BrCl/c11-9-8-4-2-1-3-7(8)5-6-10-9;4-2-1-3-5/h1-6H,(H,10,11);1-3H2. The van der Waals surface area contributed by atoms with Gasteiger partial charge in [-0.05, 0) is 23.9 Å². The highest BCUT2D eigenvalue weighted by Gasteiger charge is 1.92. The number of pyridine rings is 1. The summed E-state index contributed by atoms with van der Waals surface area (Å²) in [6, 6.07) is 9.40. The summed E-state index contributed by atoms with van der Waals surface area (Å²) in [5, 5.41) is 2.75. The molecule has 0 fully saturated rings. The second-order valence-corrected chi connectivity index (χ2v) is 4.30. The van der Waals surface area contributed by atoms with Gasteiger partial charge in [-0.1, -0.05) is 34.1 Å². The van der Waals surface area contributed by atoms with E-state index >= 15 is 0 Å². The van der Waals surface area contributed by atoms with Gasteiger partial charge >= 0.3 is 0 Å². The maximum Gasteiger partial charge on any atom is 0.255 e. The minimum absolute atomic E-state index is 0.0249. The van der Waals surface area contributed by atoms with Gasteiger partial charge in [-0.2, -0.15) is 0 Å². The summed E-state index contributed by atoms with van der Waals surface area (Å²) >= 11 is 8.50. The van der Waals surface area contributed by atoms with Gasteiger partial charge < -0.3 is 4.98 Å². The van der Waals surface area contributed by atoms with E-state index in [-0.39, 0.29) is 5.56 Å². The SMILES string of the molecule is ClCCCBr.O=c1[nH]ccc2ccccc12. The molecule has 1 aromatic carbocycles. The minimum atomic E-state index is -0.0249. The first-order valence-corrected chi connectivity index (χ1v) is 6.63. The molecule has 0 spiro atoms. The molecule has 0 atom stereocenters. The number of rotatable bonds is 2. The van der Waals surface area contributed by atoms with Crippen molar-refractivity contribution in [2.45, 2.75) is 6.42 Å². The summed E-state index contributed by atoms with van der Waals surface area (Å²) in [5.74, 6) is 0.769. The quantitative estimate of drug-likeness (QED) is 0.846. The van der Waals surface area contributed by atoms with Gasteiger partial charge in [-0.25, -0.2) is 0 Å². The highest BCUT2D eigenvalue weighted by Crippen LogP contribution is 2.05. The van der Waals surface area contributed by atoms with E-state index in [1.807, 2.05) is 30.3 Å². The van der Waals surface area contributed by atoms with Crippen molar-refractivity contribution in [3.63, 3.8) is 0 Å². The number of fused-ring (bicyclic) bond motifs is 1. The van der Waals surface area contributed by atoms with E-state index in [9.17, 15) is 4.79 Å². The number of alkyl halides is 2. The molecule has 0 aliphatic heterocycles. The molecule has 1 heterocycles. The Morgan fingerprint density at radius 2 is 2.00 bits per heavy atom. The molecular formula is C12H13BrClNO. The van der Waals surface area contributed by atoms with Crippen LogP contribution in [0.1, 0.15) is 6.42 Å². The van der Waals surface area contributed by atoms with Crippen LogP contribution in [0.15, 0.2) is 41.3 Å². The fourth-order valence-electron chi connectivity index (χ4n) is 1.18. The Hall–Kier alpha value is -0.800. The van der Waals surface area contributed by atoms with Gasteiger partial charge in [0.25, 0.3) is 5.56 Å². The maximum atomic E-state index is 11.1. The molecular weight excluding hydrogens is 289 g/mol. The average Bonchev–Trinajstić information content (AvgIpc) is 2.32. The van der Waals surface area contributed by atoms with Crippen LogP contribution in [0.2, 0.25) is 0 Å². The van der Waals surface area contributed by atoms with Crippen molar-refractivity contribution in [1.82, 2.24) is 4.98 Å². The third-order valence-electron chi connectivity index (χ3n) is 1.95. The zero-order valence-electron chi connectivity index (χ0n) is 8.75. The van der Waals surface area contributed by atoms with Crippen LogP contribution in [0, 0.1) is 0 Å². The molecule has 0 bridgehead atoms. The van der Waals surface area contributed by atoms with Gasteiger partial charge in [0.05, 0.1) is 0 Å². The lowest BCUT2D eigenvalue weighted by Gasteiger charge is -1.92. The molecule has 0 saturated carbocycles. The van der Waals surface area contributed by atoms with Crippen molar-refractivity contribution >= 4 is 38.3 Å². The maximum absolute atomic E-state index is 11.1. The van der Waals surface area contributed by atoms with Crippen LogP contribution in [0.5, 0.6) is 0 Å². The molecule has 2 aromatic rings. The van der Waals surface area contributed by atoms with Crippen molar-refractivity contribution in [3.05, 3.63) is 46.9 Å². The molecule has 2 nitrogen and oxygen atoms in total. The molecule has 16 heavy (non-hydrogen) atoms. The lowest BCUT2D eigenvalue weighted by Crippen LogP contribution is -2.03. The molecule has 0 aliphatic rings. The van der Waals surface area contributed by atoms with Crippen molar-refractivity contribution in [2.24, 2.45) is 0 Å². The average molecular weight is 303 g/mol. The van der Waals surface area contributed by atoms with Gasteiger partial charge in [0.1, 0.15) is 0 Å². The number of aromatic amines is 1. The van der Waals surface area contributed by atoms with Crippen LogP contribution in [-0.2, 0) is 0 Å². The molecule has 1 aromatic heterocycles. The molecule has 1 N–H and O–H groups in total. The highest BCUT2D eigenvalue weighted by atomic mass is 79.9. The molecule has 86 valence electrons. The molecule has 0 radical (unpaired) electrons. The summed E-state index contributed by atoms with van der Waals surface area (Å²) in [4.78, 5) is 13.7. The molecule has 0 unspecified atom stereocenters. The highest BCUT2D eigenvalue weighted by molar-refractivity contribution is 9.09. The third kappa shape index (κ3) is 3.99. The smallest absolute Gasteiger partial charge is 0.255 e. The summed E-state index contributed by atoms with van der Waals surface area (Å²) in [6.07, 6.45) is 2.73. The number of halogens is 2. The molecule has 2 rings (SSSR count). The van der Waals surface area contributed by atoms with Gasteiger partial charge in [-0.3, -0.25) is 4.79 Å². The lowest BCUT2D eigenvalue weighted by molar-refractivity contribution is 1.13. The normalized spacial score (nSPS) is 9.62. The van der Waals surface area contributed by atoms with E-state index < -0.39 is 0 Å². The Kier molecular flexibility index (Phi) is 6.19. The largest absolute Gasteiger partial charge is 0.329 e. The zero-order valence-corrected chi connectivity index (χ0v) is 11.1. The van der Waals surface area contributed by atoms with Crippen LogP contribution >= 0.6 is 27.5 Å².